The van der Waals surface area contributed by atoms with E-state index in [2.05, 4.69) is 10.6 Å². The highest BCUT2D eigenvalue weighted by atomic mass is 16.3. The van der Waals surface area contributed by atoms with Gasteiger partial charge in [0.15, 0.2) is 0 Å². The highest BCUT2D eigenvalue weighted by Gasteiger charge is 2.22. The molecule has 0 aromatic carbocycles. The van der Waals surface area contributed by atoms with Gasteiger partial charge in [-0.1, -0.05) is 0 Å². The van der Waals surface area contributed by atoms with Crippen LogP contribution in [0.25, 0.3) is 0 Å². The summed E-state index contributed by atoms with van der Waals surface area (Å²) in [6, 6.07) is 0. The topological polar surface area (TPSA) is 61.4 Å². The molecule has 2 aliphatic rings. The molecule has 1 aliphatic heterocycles. The standard InChI is InChI=1S/C12H22N2O2/c15-11-3-1-9(2-4-11)8-14-12(16)5-10-6-13-7-10/h9-11,13,15H,1-8H2,(H,14,16). The van der Waals surface area contributed by atoms with E-state index in [4.69, 9.17) is 0 Å². The Morgan fingerprint density at radius 1 is 1.19 bits per heavy atom. The van der Waals surface area contributed by atoms with Gasteiger partial charge in [0.05, 0.1) is 6.10 Å². The molecule has 1 aliphatic carbocycles. The van der Waals surface area contributed by atoms with E-state index in [0.717, 1.165) is 45.3 Å². The van der Waals surface area contributed by atoms with Crippen molar-refractivity contribution in [2.45, 2.75) is 38.2 Å². The number of amides is 1. The van der Waals surface area contributed by atoms with Crippen LogP contribution < -0.4 is 10.6 Å². The number of rotatable bonds is 4. The highest BCUT2D eigenvalue weighted by Crippen LogP contribution is 2.23. The van der Waals surface area contributed by atoms with E-state index in [1.54, 1.807) is 0 Å². The Morgan fingerprint density at radius 2 is 1.88 bits per heavy atom. The maximum atomic E-state index is 11.6. The summed E-state index contributed by atoms with van der Waals surface area (Å²) >= 11 is 0. The number of carbonyl (C=O) groups excluding carboxylic acids is 1. The lowest BCUT2D eigenvalue weighted by Crippen LogP contribution is -2.45. The summed E-state index contributed by atoms with van der Waals surface area (Å²) < 4.78 is 0. The molecule has 0 unspecified atom stereocenters. The summed E-state index contributed by atoms with van der Waals surface area (Å²) in [5.41, 5.74) is 0. The van der Waals surface area contributed by atoms with Crippen LogP contribution in [0.15, 0.2) is 0 Å². The zero-order valence-corrected chi connectivity index (χ0v) is 9.74. The molecule has 16 heavy (non-hydrogen) atoms. The summed E-state index contributed by atoms with van der Waals surface area (Å²) in [5.74, 6) is 1.32. The van der Waals surface area contributed by atoms with Crippen LogP contribution in [0.3, 0.4) is 0 Å². The van der Waals surface area contributed by atoms with E-state index in [1.165, 1.54) is 0 Å². The molecule has 92 valence electrons. The van der Waals surface area contributed by atoms with Crippen LogP contribution in [0, 0.1) is 11.8 Å². The summed E-state index contributed by atoms with van der Waals surface area (Å²) in [4.78, 5) is 11.6. The van der Waals surface area contributed by atoms with E-state index in [9.17, 15) is 9.90 Å². The Bertz CT molecular complexity index is 233. The van der Waals surface area contributed by atoms with Crippen molar-refractivity contribution in [1.29, 1.82) is 0 Å². The Labute approximate surface area is 96.8 Å². The number of nitrogens with one attached hydrogen (secondary N) is 2. The second-order valence-electron chi connectivity index (χ2n) is 5.21. The van der Waals surface area contributed by atoms with E-state index >= 15 is 0 Å². The van der Waals surface area contributed by atoms with Crippen molar-refractivity contribution < 1.29 is 9.90 Å². The molecule has 1 amide bonds. The molecular weight excluding hydrogens is 204 g/mol. The minimum absolute atomic E-state index is 0.104. The Hall–Kier alpha value is -0.610. The first-order valence-corrected chi connectivity index (χ1v) is 6.39. The molecule has 3 N–H and O–H groups in total. The predicted octanol–water partition coefficient (Wildman–Crippen LogP) is 0.263. The number of carbonyl (C=O) groups is 1. The lowest BCUT2D eigenvalue weighted by molar-refractivity contribution is -0.122. The van der Waals surface area contributed by atoms with Gasteiger partial charge in [-0.2, -0.15) is 0 Å². The quantitative estimate of drug-likeness (QED) is 0.644. The van der Waals surface area contributed by atoms with Crippen LogP contribution in [0.5, 0.6) is 0 Å². The molecule has 0 bridgehead atoms. The van der Waals surface area contributed by atoms with Crippen LogP contribution in [0.2, 0.25) is 0 Å². The summed E-state index contributed by atoms with van der Waals surface area (Å²) in [7, 11) is 0. The van der Waals surface area contributed by atoms with Crippen molar-refractivity contribution in [3.8, 4) is 0 Å². The fourth-order valence-corrected chi connectivity index (χ4v) is 2.43. The van der Waals surface area contributed by atoms with E-state index in [-0.39, 0.29) is 12.0 Å². The highest BCUT2D eigenvalue weighted by molar-refractivity contribution is 5.76. The third-order valence-electron chi connectivity index (χ3n) is 3.74. The molecule has 0 aromatic heterocycles. The van der Waals surface area contributed by atoms with Crippen LogP contribution >= 0.6 is 0 Å². The van der Waals surface area contributed by atoms with Gasteiger partial charge in [-0.25, -0.2) is 0 Å². The smallest absolute Gasteiger partial charge is 0.220 e. The van der Waals surface area contributed by atoms with Gasteiger partial charge in [0.1, 0.15) is 0 Å². The molecule has 0 atom stereocenters. The maximum absolute atomic E-state index is 11.6. The zero-order valence-electron chi connectivity index (χ0n) is 9.74. The van der Waals surface area contributed by atoms with Crippen molar-refractivity contribution in [3.05, 3.63) is 0 Å². The number of aliphatic hydroxyl groups excluding tert-OH is 1. The monoisotopic (exact) mass is 226 g/mol. The Balaban J connectivity index is 1.57. The van der Waals surface area contributed by atoms with Gasteiger partial charge in [-0.15, -0.1) is 0 Å². The number of hydrogen-bond donors (Lipinski definition) is 3. The summed E-state index contributed by atoms with van der Waals surface area (Å²) in [5, 5.41) is 15.6. The van der Waals surface area contributed by atoms with Gasteiger partial charge in [0.25, 0.3) is 0 Å². The third kappa shape index (κ3) is 3.46. The first-order valence-electron chi connectivity index (χ1n) is 6.39. The van der Waals surface area contributed by atoms with Gasteiger partial charge < -0.3 is 15.7 Å². The lowest BCUT2D eigenvalue weighted by atomic mass is 9.87. The van der Waals surface area contributed by atoms with Crippen LogP contribution in [-0.2, 0) is 4.79 Å². The SMILES string of the molecule is O=C(CC1CNC1)NCC1CCC(O)CC1. The molecule has 0 aromatic rings. The molecule has 1 saturated carbocycles. The van der Waals surface area contributed by atoms with Crippen molar-refractivity contribution >= 4 is 5.91 Å². The van der Waals surface area contributed by atoms with E-state index in [1.807, 2.05) is 0 Å². The number of hydrogen-bond acceptors (Lipinski definition) is 3. The zero-order chi connectivity index (χ0) is 11.4. The molecule has 0 spiro atoms. The molecular formula is C12H22N2O2. The van der Waals surface area contributed by atoms with Crippen molar-refractivity contribution in [1.82, 2.24) is 10.6 Å². The molecule has 2 rings (SSSR count). The Kier molecular flexibility index (Phi) is 4.18. The first-order chi connectivity index (χ1) is 7.74. The van der Waals surface area contributed by atoms with Gasteiger partial charge >= 0.3 is 0 Å². The van der Waals surface area contributed by atoms with Gasteiger partial charge in [-0.3, -0.25) is 4.79 Å². The molecule has 4 heteroatoms. The first kappa shape index (κ1) is 11.9. The fourth-order valence-electron chi connectivity index (χ4n) is 2.43. The van der Waals surface area contributed by atoms with Gasteiger partial charge in [0, 0.05) is 13.0 Å². The number of aliphatic hydroxyl groups is 1. The predicted molar refractivity (Wildman–Crippen MR) is 62.0 cm³/mol. The van der Waals surface area contributed by atoms with E-state index in [0.29, 0.717) is 18.3 Å². The van der Waals surface area contributed by atoms with E-state index < -0.39 is 0 Å². The average molecular weight is 226 g/mol. The van der Waals surface area contributed by atoms with Crippen LogP contribution in [0.4, 0.5) is 0 Å². The van der Waals surface area contributed by atoms with Crippen molar-refractivity contribution in [2.75, 3.05) is 19.6 Å². The Morgan fingerprint density at radius 3 is 2.44 bits per heavy atom. The molecule has 2 fully saturated rings. The third-order valence-corrected chi connectivity index (χ3v) is 3.74. The largest absolute Gasteiger partial charge is 0.393 e. The molecule has 1 heterocycles. The normalized spacial score (nSPS) is 30.8. The second kappa shape index (κ2) is 5.64. The minimum Gasteiger partial charge on any atom is -0.393 e. The van der Waals surface area contributed by atoms with Crippen LogP contribution in [-0.4, -0.2) is 36.8 Å². The van der Waals surface area contributed by atoms with Crippen molar-refractivity contribution in [2.24, 2.45) is 11.8 Å². The summed E-state index contributed by atoms with van der Waals surface area (Å²) in [6.45, 7) is 2.78. The maximum Gasteiger partial charge on any atom is 0.220 e. The lowest BCUT2D eigenvalue weighted by Gasteiger charge is -2.28. The minimum atomic E-state index is -0.104. The van der Waals surface area contributed by atoms with Crippen molar-refractivity contribution in [3.63, 3.8) is 0 Å². The average Bonchev–Trinajstić information content (AvgIpc) is 2.23. The van der Waals surface area contributed by atoms with Gasteiger partial charge in [-0.05, 0) is 50.6 Å². The van der Waals surface area contributed by atoms with Gasteiger partial charge in [0.2, 0.25) is 5.91 Å². The second-order valence-corrected chi connectivity index (χ2v) is 5.21. The van der Waals surface area contributed by atoms with Crippen LogP contribution in [0.1, 0.15) is 32.1 Å². The summed E-state index contributed by atoms with van der Waals surface area (Å²) in [6.07, 6.45) is 4.45. The fraction of sp³-hybridized carbons (Fsp3) is 0.917. The molecule has 0 radical (unpaired) electrons. The molecule has 1 saturated heterocycles. The molecule has 4 nitrogen and oxygen atoms in total.